The standard InChI is InChI=1S/C12H19NO2/c1-15-9-12(14,10-4-5-10)11(8-13)6-2-3-7-11/h10,14H,2-7,9H2,1H3. The van der Waals surface area contributed by atoms with Gasteiger partial charge in [-0.3, -0.25) is 0 Å². The first-order valence-corrected chi connectivity index (χ1v) is 5.81. The van der Waals surface area contributed by atoms with Gasteiger partial charge >= 0.3 is 0 Å². The van der Waals surface area contributed by atoms with E-state index in [9.17, 15) is 10.4 Å². The van der Waals surface area contributed by atoms with Crippen LogP contribution in [0.25, 0.3) is 0 Å². The van der Waals surface area contributed by atoms with Crippen LogP contribution in [-0.4, -0.2) is 24.4 Å². The summed E-state index contributed by atoms with van der Waals surface area (Å²) in [7, 11) is 1.60. The predicted molar refractivity (Wildman–Crippen MR) is 56.1 cm³/mol. The summed E-state index contributed by atoms with van der Waals surface area (Å²) in [5.74, 6) is 0.287. The van der Waals surface area contributed by atoms with E-state index in [2.05, 4.69) is 6.07 Å². The quantitative estimate of drug-likeness (QED) is 0.768. The lowest BCUT2D eigenvalue weighted by molar-refractivity contribution is -0.116. The highest BCUT2D eigenvalue weighted by molar-refractivity contribution is 5.17. The van der Waals surface area contributed by atoms with Gasteiger partial charge in [0.1, 0.15) is 5.60 Å². The van der Waals surface area contributed by atoms with E-state index in [0.29, 0.717) is 6.61 Å². The topological polar surface area (TPSA) is 53.2 Å². The minimum Gasteiger partial charge on any atom is -0.386 e. The molecule has 0 aliphatic heterocycles. The van der Waals surface area contributed by atoms with Crippen molar-refractivity contribution in [1.29, 1.82) is 5.26 Å². The molecule has 1 unspecified atom stereocenters. The Balaban J connectivity index is 2.25. The summed E-state index contributed by atoms with van der Waals surface area (Å²) in [6, 6.07) is 2.39. The maximum absolute atomic E-state index is 10.8. The lowest BCUT2D eigenvalue weighted by Crippen LogP contribution is -2.51. The monoisotopic (exact) mass is 209 g/mol. The van der Waals surface area contributed by atoms with Gasteiger partial charge in [-0.25, -0.2) is 0 Å². The van der Waals surface area contributed by atoms with Crippen LogP contribution >= 0.6 is 0 Å². The van der Waals surface area contributed by atoms with Gasteiger partial charge in [0.25, 0.3) is 0 Å². The average Bonchev–Trinajstić information content (AvgIpc) is 2.97. The molecule has 1 N–H and O–H groups in total. The Kier molecular flexibility index (Phi) is 2.74. The van der Waals surface area contributed by atoms with Crippen molar-refractivity contribution in [3.8, 4) is 6.07 Å². The van der Waals surface area contributed by atoms with Gasteiger partial charge < -0.3 is 9.84 Å². The third-order valence-corrected chi connectivity index (χ3v) is 4.12. The molecule has 15 heavy (non-hydrogen) atoms. The SMILES string of the molecule is COCC(O)(C1CC1)C1(C#N)CCCC1. The molecule has 2 rings (SSSR count). The Morgan fingerprint density at radius 3 is 2.47 bits per heavy atom. The van der Waals surface area contributed by atoms with Crippen LogP contribution in [0, 0.1) is 22.7 Å². The third-order valence-electron chi connectivity index (χ3n) is 4.12. The number of hydrogen-bond acceptors (Lipinski definition) is 3. The highest BCUT2D eigenvalue weighted by Crippen LogP contribution is 2.55. The molecule has 0 aromatic rings. The number of methoxy groups -OCH3 is 1. The molecule has 2 saturated carbocycles. The molecule has 0 heterocycles. The van der Waals surface area contributed by atoms with Gasteiger partial charge in [0, 0.05) is 7.11 Å². The molecule has 2 aliphatic rings. The maximum Gasteiger partial charge on any atom is 0.109 e. The zero-order chi connectivity index (χ0) is 10.9. The molecule has 3 nitrogen and oxygen atoms in total. The molecular weight excluding hydrogens is 190 g/mol. The largest absolute Gasteiger partial charge is 0.386 e. The number of nitriles is 1. The summed E-state index contributed by atoms with van der Waals surface area (Å²) in [6.07, 6.45) is 5.88. The van der Waals surface area contributed by atoms with Crippen molar-refractivity contribution in [3.63, 3.8) is 0 Å². The highest BCUT2D eigenvalue weighted by atomic mass is 16.5. The van der Waals surface area contributed by atoms with Gasteiger partial charge in [-0.15, -0.1) is 0 Å². The highest BCUT2D eigenvalue weighted by Gasteiger charge is 2.59. The van der Waals surface area contributed by atoms with Gasteiger partial charge in [-0.1, -0.05) is 12.8 Å². The average molecular weight is 209 g/mol. The summed E-state index contributed by atoms with van der Waals surface area (Å²) in [5, 5.41) is 20.1. The van der Waals surface area contributed by atoms with Crippen molar-refractivity contribution >= 4 is 0 Å². The number of hydrogen-bond donors (Lipinski definition) is 1. The molecule has 0 aromatic carbocycles. The number of ether oxygens (including phenoxy) is 1. The van der Waals surface area contributed by atoms with Crippen LogP contribution in [0.4, 0.5) is 0 Å². The minimum absolute atomic E-state index is 0.287. The lowest BCUT2D eigenvalue weighted by Gasteiger charge is -2.40. The molecule has 2 fully saturated rings. The Bertz CT molecular complexity index is 274. The van der Waals surface area contributed by atoms with Crippen molar-refractivity contribution in [2.24, 2.45) is 11.3 Å². The molecule has 0 amide bonds. The number of nitrogens with zero attached hydrogens (tertiary/aromatic N) is 1. The van der Waals surface area contributed by atoms with E-state index < -0.39 is 11.0 Å². The second-order valence-electron chi connectivity index (χ2n) is 5.03. The lowest BCUT2D eigenvalue weighted by atomic mass is 9.69. The van der Waals surface area contributed by atoms with Crippen LogP contribution in [-0.2, 0) is 4.74 Å². The molecular formula is C12H19NO2. The van der Waals surface area contributed by atoms with E-state index >= 15 is 0 Å². The van der Waals surface area contributed by atoms with Crippen LogP contribution < -0.4 is 0 Å². The van der Waals surface area contributed by atoms with Crippen molar-refractivity contribution in [2.45, 2.75) is 44.1 Å². The molecule has 0 aromatic heterocycles. The summed E-state index contributed by atoms with van der Waals surface area (Å²) >= 11 is 0. The summed E-state index contributed by atoms with van der Waals surface area (Å²) < 4.78 is 5.15. The van der Waals surface area contributed by atoms with E-state index in [1.54, 1.807) is 7.11 Å². The molecule has 1 atom stereocenters. The Hall–Kier alpha value is -0.590. The smallest absolute Gasteiger partial charge is 0.109 e. The molecule has 0 bridgehead atoms. The zero-order valence-corrected chi connectivity index (χ0v) is 9.33. The van der Waals surface area contributed by atoms with E-state index in [-0.39, 0.29) is 5.92 Å². The molecule has 84 valence electrons. The summed E-state index contributed by atoms with van der Waals surface area (Å²) in [5.41, 5.74) is -1.43. The molecule has 2 aliphatic carbocycles. The van der Waals surface area contributed by atoms with E-state index in [0.717, 1.165) is 38.5 Å². The first kappa shape index (κ1) is 10.9. The second kappa shape index (κ2) is 3.77. The van der Waals surface area contributed by atoms with Crippen LogP contribution in [0.2, 0.25) is 0 Å². The zero-order valence-electron chi connectivity index (χ0n) is 9.33. The second-order valence-corrected chi connectivity index (χ2v) is 5.03. The Morgan fingerprint density at radius 1 is 1.47 bits per heavy atom. The van der Waals surface area contributed by atoms with Crippen molar-refractivity contribution < 1.29 is 9.84 Å². The summed E-state index contributed by atoms with van der Waals surface area (Å²) in [4.78, 5) is 0. The number of aliphatic hydroxyl groups is 1. The van der Waals surface area contributed by atoms with Gasteiger partial charge in [-0.05, 0) is 31.6 Å². The van der Waals surface area contributed by atoms with Gasteiger partial charge in [0.15, 0.2) is 0 Å². The Morgan fingerprint density at radius 2 is 2.07 bits per heavy atom. The fraction of sp³-hybridized carbons (Fsp3) is 0.917. The summed E-state index contributed by atoms with van der Waals surface area (Å²) in [6.45, 7) is 0.311. The van der Waals surface area contributed by atoms with E-state index in [1.807, 2.05) is 0 Å². The predicted octanol–water partition coefficient (Wildman–Crippen LogP) is 1.86. The van der Waals surface area contributed by atoms with Gasteiger partial charge in [-0.2, -0.15) is 5.26 Å². The van der Waals surface area contributed by atoms with Crippen molar-refractivity contribution in [3.05, 3.63) is 0 Å². The number of rotatable bonds is 4. The molecule has 0 spiro atoms. The van der Waals surface area contributed by atoms with Crippen LogP contribution in [0.3, 0.4) is 0 Å². The van der Waals surface area contributed by atoms with Crippen molar-refractivity contribution in [1.82, 2.24) is 0 Å². The first-order chi connectivity index (χ1) is 7.18. The van der Waals surface area contributed by atoms with Gasteiger partial charge in [0.2, 0.25) is 0 Å². The fourth-order valence-electron chi connectivity index (χ4n) is 3.05. The van der Waals surface area contributed by atoms with Crippen LogP contribution in [0.15, 0.2) is 0 Å². The van der Waals surface area contributed by atoms with Crippen molar-refractivity contribution in [2.75, 3.05) is 13.7 Å². The first-order valence-electron chi connectivity index (χ1n) is 5.81. The minimum atomic E-state index is -0.896. The van der Waals surface area contributed by atoms with Gasteiger partial charge in [0.05, 0.1) is 18.1 Å². The Labute approximate surface area is 91.0 Å². The maximum atomic E-state index is 10.8. The fourth-order valence-corrected chi connectivity index (χ4v) is 3.05. The molecule has 0 radical (unpaired) electrons. The normalized spacial score (nSPS) is 28.3. The molecule has 3 heteroatoms. The van der Waals surface area contributed by atoms with Crippen LogP contribution in [0.1, 0.15) is 38.5 Å². The van der Waals surface area contributed by atoms with Crippen LogP contribution in [0.5, 0.6) is 0 Å². The third kappa shape index (κ3) is 1.56. The van der Waals surface area contributed by atoms with E-state index in [4.69, 9.17) is 4.74 Å². The van der Waals surface area contributed by atoms with E-state index in [1.165, 1.54) is 0 Å². The molecule has 0 saturated heterocycles.